The summed E-state index contributed by atoms with van der Waals surface area (Å²) < 4.78 is 8.28. The van der Waals surface area contributed by atoms with Gasteiger partial charge < -0.3 is 9.73 Å². The van der Waals surface area contributed by atoms with Gasteiger partial charge in [0.1, 0.15) is 0 Å². The van der Waals surface area contributed by atoms with E-state index in [1.165, 1.54) is 0 Å². The lowest BCUT2D eigenvalue weighted by Gasteiger charge is -2.02. The quantitative estimate of drug-likeness (QED) is 0.861. The Hall–Kier alpha value is -1.12. The Labute approximate surface area is 107 Å². The monoisotopic (exact) mass is 333 g/mol. The van der Waals surface area contributed by atoms with Crippen molar-refractivity contribution in [2.45, 2.75) is 19.9 Å². The van der Waals surface area contributed by atoms with Crippen molar-refractivity contribution < 1.29 is 4.42 Å². The molecule has 0 aliphatic carbocycles. The number of nitrogens with zero attached hydrogens (tertiary/aromatic N) is 4. The van der Waals surface area contributed by atoms with Gasteiger partial charge >= 0.3 is 6.01 Å². The Kier molecular flexibility index (Phi) is 3.42. The second-order valence-electron chi connectivity index (χ2n) is 3.27. The number of anilines is 1. The van der Waals surface area contributed by atoms with Crippen molar-refractivity contribution in [2.75, 3.05) is 5.32 Å². The van der Waals surface area contributed by atoms with Gasteiger partial charge in [-0.1, -0.05) is 12.0 Å². The average Bonchev–Trinajstić information content (AvgIpc) is 2.85. The number of hydrogen-bond donors (Lipinski definition) is 1. The molecule has 1 N–H and O–H groups in total. The van der Waals surface area contributed by atoms with E-state index in [2.05, 4.69) is 43.2 Å². The van der Waals surface area contributed by atoms with Crippen LogP contribution in [0.15, 0.2) is 10.6 Å². The van der Waals surface area contributed by atoms with Crippen LogP contribution in [0, 0.1) is 3.57 Å². The summed E-state index contributed by atoms with van der Waals surface area (Å²) in [6.07, 6.45) is 2.57. The summed E-state index contributed by atoms with van der Waals surface area (Å²) in [4.78, 5) is 0. The maximum Gasteiger partial charge on any atom is 0.315 e. The highest BCUT2D eigenvalue weighted by Gasteiger charge is 2.08. The first-order valence-electron chi connectivity index (χ1n) is 4.93. The van der Waals surface area contributed by atoms with Crippen molar-refractivity contribution >= 4 is 28.6 Å². The lowest BCUT2D eigenvalue weighted by Crippen LogP contribution is -2.06. The number of halogens is 1. The Morgan fingerprint density at radius 2 is 2.31 bits per heavy atom. The van der Waals surface area contributed by atoms with Gasteiger partial charge in [-0.15, -0.1) is 5.10 Å². The zero-order valence-corrected chi connectivity index (χ0v) is 11.2. The molecule has 2 aromatic heterocycles. The zero-order valence-electron chi connectivity index (χ0n) is 9.07. The van der Waals surface area contributed by atoms with Crippen LogP contribution in [0.25, 0.3) is 0 Å². The molecule has 0 aliphatic rings. The van der Waals surface area contributed by atoms with E-state index in [4.69, 9.17) is 4.42 Å². The molecule has 0 fully saturated rings. The van der Waals surface area contributed by atoms with Crippen LogP contribution in [0.2, 0.25) is 0 Å². The fraction of sp³-hybridized carbons (Fsp3) is 0.444. The summed E-state index contributed by atoms with van der Waals surface area (Å²) in [5, 5.41) is 15.0. The molecule has 6 nitrogen and oxygen atoms in total. The van der Waals surface area contributed by atoms with Gasteiger partial charge in [0.05, 0.1) is 22.0 Å². The van der Waals surface area contributed by atoms with Crippen molar-refractivity contribution in [3.8, 4) is 0 Å². The van der Waals surface area contributed by atoms with E-state index in [-0.39, 0.29) is 0 Å². The second kappa shape index (κ2) is 4.81. The summed E-state index contributed by atoms with van der Waals surface area (Å²) in [6.45, 7) is 2.60. The molecular weight excluding hydrogens is 321 g/mol. The molecule has 0 atom stereocenters. The van der Waals surface area contributed by atoms with Crippen molar-refractivity contribution in [1.82, 2.24) is 20.0 Å². The average molecular weight is 333 g/mol. The van der Waals surface area contributed by atoms with E-state index in [0.717, 1.165) is 15.7 Å². The van der Waals surface area contributed by atoms with Gasteiger partial charge in [-0.3, -0.25) is 4.68 Å². The second-order valence-corrected chi connectivity index (χ2v) is 4.43. The van der Waals surface area contributed by atoms with E-state index in [1.54, 1.807) is 0 Å². The van der Waals surface area contributed by atoms with Gasteiger partial charge in [0.25, 0.3) is 0 Å². The van der Waals surface area contributed by atoms with Gasteiger partial charge in [0.15, 0.2) is 0 Å². The number of hydrogen-bond acceptors (Lipinski definition) is 5. The highest BCUT2D eigenvalue weighted by molar-refractivity contribution is 14.1. The van der Waals surface area contributed by atoms with E-state index in [0.29, 0.717) is 18.5 Å². The highest BCUT2D eigenvalue weighted by atomic mass is 127. The third-order valence-electron chi connectivity index (χ3n) is 2.19. The minimum absolute atomic E-state index is 0.453. The number of nitrogens with one attached hydrogen (secondary N) is 1. The van der Waals surface area contributed by atoms with Crippen molar-refractivity contribution in [1.29, 1.82) is 0 Å². The third-order valence-corrected chi connectivity index (χ3v) is 3.09. The largest absolute Gasteiger partial charge is 0.408 e. The summed E-state index contributed by atoms with van der Waals surface area (Å²) in [5.41, 5.74) is 1.09. The molecule has 16 heavy (non-hydrogen) atoms. The standard InChI is InChI=1S/C9H12IN5O/c1-3-8-13-14-9(16-8)11-5-7-6(10)4-12-15(7)2/h4H,3,5H2,1-2H3,(H,11,14). The van der Waals surface area contributed by atoms with E-state index < -0.39 is 0 Å². The Balaban J connectivity index is 2.02. The van der Waals surface area contributed by atoms with Gasteiger partial charge in [0.2, 0.25) is 5.89 Å². The molecule has 0 bridgehead atoms. The van der Waals surface area contributed by atoms with Gasteiger partial charge in [-0.05, 0) is 22.6 Å². The van der Waals surface area contributed by atoms with Crippen LogP contribution in [0.1, 0.15) is 18.5 Å². The lowest BCUT2D eigenvalue weighted by molar-refractivity contribution is 0.510. The van der Waals surface area contributed by atoms with Crippen molar-refractivity contribution in [3.05, 3.63) is 21.4 Å². The first-order chi connectivity index (χ1) is 7.70. The predicted octanol–water partition coefficient (Wildman–Crippen LogP) is 1.58. The maximum atomic E-state index is 5.35. The molecule has 0 amide bonds. The Morgan fingerprint density at radius 1 is 1.50 bits per heavy atom. The van der Waals surface area contributed by atoms with Crippen LogP contribution in [-0.4, -0.2) is 20.0 Å². The fourth-order valence-corrected chi connectivity index (χ4v) is 1.93. The van der Waals surface area contributed by atoms with Crippen molar-refractivity contribution in [3.63, 3.8) is 0 Å². The fourth-order valence-electron chi connectivity index (χ4n) is 1.26. The molecule has 0 spiro atoms. The molecule has 0 unspecified atom stereocenters. The minimum Gasteiger partial charge on any atom is -0.408 e. The molecule has 2 rings (SSSR count). The van der Waals surface area contributed by atoms with Gasteiger partial charge in [0, 0.05) is 13.5 Å². The molecule has 0 aliphatic heterocycles. The first-order valence-corrected chi connectivity index (χ1v) is 6.01. The van der Waals surface area contributed by atoms with Crippen LogP contribution >= 0.6 is 22.6 Å². The van der Waals surface area contributed by atoms with E-state index in [9.17, 15) is 0 Å². The highest BCUT2D eigenvalue weighted by Crippen LogP contribution is 2.13. The van der Waals surface area contributed by atoms with Crippen LogP contribution in [0.5, 0.6) is 0 Å². The first kappa shape index (κ1) is 11.4. The number of aryl methyl sites for hydroxylation is 2. The minimum atomic E-state index is 0.453. The normalized spacial score (nSPS) is 10.7. The van der Waals surface area contributed by atoms with E-state index >= 15 is 0 Å². The SMILES string of the molecule is CCc1nnc(NCc2c(I)cnn2C)o1. The van der Waals surface area contributed by atoms with Crippen molar-refractivity contribution in [2.24, 2.45) is 7.05 Å². The van der Waals surface area contributed by atoms with Crippen LogP contribution in [0.3, 0.4) is 0 Å². The van der Waals surface area contributed by atoms with E-state index in [1.807, 2.05) is 24.9 Å². The Morgan fingerprint density at radius 3 is 2.88 bits per heavy atom. The molecule has 2 heterocycles. The molecule has 2 aromatic rings. The molecule has 7 heteroatoms. The molecular formula is C9H12IN5O. The third kappa shape index (κ3) is 2.34. The predicted molar refractivity (Wildman–Crippen MR) is 66.9 cm³/mol. The van der Waals surface area contributed by atoms with Crippen LogP contribution in [0.4, 0.5) is 6.01 Å². The summed E-state index contributed by atoms with van der Waals surface area (Å²) in [5.74, 6) is 0.641. The number of rotatable bonds is 4. The Bertz CT molecular complexity index is 458. The molecule has 0 aromatic carbocycles. The van der Waals surface area contributed by atoms with Gasteiger partial charge in [-0.25, -0.2) is 0 Å². The summed E-state index contributed by atoms with van der Waals surface area (Å²) in [7, 11) is 1.91. The maximum absolute atomic E-state index is 5.35. The van der Waals surface area contributed by atoms with Crippen LogP contribution < -0.4 is 5.32 Å². The summed E-state index contributed by atoms with van der Waals surface area (Å²) >= 11 is 2.25. The molecule has 0 saturated carbocycles. The summed E-state index contributed by atoms with van der Waals surface area (Å²) in [6, 6.07) is 0.453. The molecule has 86 valence electrons. The zero-order chi connectivity index (χ0) is 11.5. The lowest BCUT2D eigenvalue weighted by atomic mass is 10.4. The smallest absolute Gasteiger partial charge is 0.315 e. The van der Waals surface area contributed by atoms with Gasteiger partial charge in [-0.2, -0.15) is 5.10 Å². The molecule has 0 saturated heterocycles. The molecule has 0 radical (unpaired) electrons. The van der Waals surface area contributed by atoms with Crippen LogP contribution in [-0.2, 0) is 20.0 Å². The number of aromatic nitrogens is 4. The topological polar surface area (TPSA) is 68.8 Å².